The fourth-order valence-electron chi connectivity index (χ4n) is 4.88. The Bertz CT molecular complexity index is 1330. The Kier molecular flexibility index (Phi) is 8.69. The number of ether oxygens (including phenoxy) is 1. The van der Waals surface area contributed by atoms with Crippen LogP contribution in [0.15, 0.2) is 40.6 Å². The van der Waals surface area contributed by atoms with Crippen LogP contribution in [0.1, 0.15) is 52.5 Å². The zero-order valence-corrected chi connectivity index (χ0v) is 23.2. The summed E-state index contributed by atoms with van der Waals surface area (Å²) in [6.07, 6.45) is 6.91. The minimum atomic E-state index is -3.54. The van der Waals surface area contributed by atoms with Crippen LogP contribution in [0, 0.1) is 0 Å². The Morgan fingerprint density at radius 2 is 1.87 bits per heavy atom. The number of piperidine rings is 1. The van der Waals surface area contributed by atoms with E-state index in [4.69, 9.17) is 4.74 Å². The number of hydrogen-bond acceptors (Lipinski definition) is 8. The summed E-state index contributed by atoms with van der Waals surface area (Å²) >= 11 is 0.944. The maximum absolute atomic E-state index is 13.8. The van der Waals surface area contributed by atoms with Crippen LogP contribution in [0.25, 0.3) is 6.08 Å². The molecule has 2 aliphatic rings. The largest absolute Gasteiger partial charge is 0.464 e. The van der Waals surface area contributed by atoms with E-state index >= 15 is 0 Å². The van der Waals surface area contributed by atoms with E-state index < -0.39 is 39.2 Å². The average Bonchev–Trinajstić information content (AvgIpc) is 3.30. The molecular formula is C27H33N3O6S2. The van der Waals surface area contributed by atoms with Crippen LogP contribution in [0.3, 0.4) is 0 Å². The summed E-state index contributed by atoms with van der Waals surface area (Å²) < 4.78 is 30.2. The van der Waals surface area contributed by atoms with Gasteiger partial charge in [-0.1, -0.05) is 42.5 Å². The van der Waals surface area contributed by atoms with Gasteiger partial charge in [-0.3, -0.25) is 9.59 Å². The van der Waals surface area contributed by atoms with Crippen molar-refractivity contribution >= 4 is 45.0 Å². The summed E-state index contributed by atoms with van der Waals surface area (Å²) in [5.41, 5.74) is 0.841. The van der Waals surface area contributed by atoms with Gasteiger partial charge in [-0.15, -0.1) is 11.3 Å². The zero-order valence-electron chi connectivity index (χ0n) is 21.5. The second-order valence-electron chi connectivity index (χ2n) is 9.58. The summed E-state index contributed by atoms with van der Waals surface area (Å²) in [7, 11) is -3.54. The normalized spacial score (nSPS) is 17.2. The summed E-state index contributed by atoms with van der Waals surface area (Å²) in [6, 6.07) is 8.40. The topological polar surface area (TPSA) is 131 Å². The lowest BCUT2D eigenvalue weighted by Crippen LogP contribution is -2.64. The lowest BCUT2D eigenvalue weighted by molar-refractivity contribution is -0.148. The fourth-order valence-corrected chi connectivity index (χ4v) is 7.29. The van der Waals surface area contributed by atoms with Crippen LogP contribution in [0.5, 0.6) is 0 Å². The van der Waals surface area contributed by atoms with E-state index in [-0.39, 0.29) is 17.2 Å². The summed E-state index contributed by atoms with van der Waals surface area (Å²) in [6.45, 7) is 2.87. The van der Waals surface area contributed by atoms with E-state index in [9.17, 15) is 22.8 Å². The van der Waals surface area contributed by atoms with Gasteiger partial charge >= 0.3 is 5.97 Å². The third-order valence-corrected chi connectivity index (χ3v) is 9.90. The molecule has 1 atom stereocenters. The van der Waals surface area contributed by atoms with Gasteiger partial charge in [0.1, 0.15) is 15.8 Å². The molecule has 1 aliphatic heterocycles. The molecule has 11 heteroatoms. The molecular weight excluding hydrogens is 526 g/mol. The number of nitrogens with one attached hydrogen (secondary N) is 3. The first kappa shape index (κ1) is 28.0. The van der Waals surface area contributed by atoms with Gasteiger partial charge in [0.25, 0.3) is 5.91 Å². The monoisotopic (exact) mass is 559 g/mol. The Morgan fingerprint density at radius 1 is 1.16 bits per heavy atom. The molecule has 1 fully saturated rings. The van der Waals surface area contributed by atoms with Crippen molar-refractivity contribution in [2.45, 2.75) is 54.8 Å². The summed E-state index contributed by atoms with van der Waals surface area (Å²) in [5.74, 6) is -1.49. The van der Waals surface area contributed by atoms with Crippen LogP contribution >= 0.6 is 11.3 Å². The van der Waals surface area contributed by atoms with Crippen molar-refractivity contribution in [1.29, 1.82) is 0 Å². The van der Waals surface area contributed by atoms with Crippen molar-refractivity contribution in [3.63, 3.8) is 0 Å². The highest BCUT2D eigenvalue weighted by Crippen LogP contribution is 2.37. The number of allylic oxidation sites excluding steroid dienone is 1. The average molecular weight is 560 g/mol. The first-order chi connectivity index (χ1) is 18.1. The van der Waals surface area contributed by atoms with E-state index in [1.165, 1.54) is 0 Å². The predicted molar refractivity (Wildman–Crippen MR) is 146 cm³/mol. The molecule has 1 aromatic heterocycles. The van der Waals surface area contributed by atoms with Gasteiger partial charge < -0.3 is 20.7 Å². The lowest BCUT2D eigenvalue weighted by atomic mass is 9.86. The third-order valence-electron chi connectivity index (χ3n) is 6.81. The number of benzene rings is 1. The molecule has 1 aromatic carbocycles. The highest BCUT2D eigenvalue weighted by molar-refractivity contribution is 7.92. The van der Waals surface area contributed by atoms with Gasteiger partial charge in [-0.2, -0.15) is 0 Å². The quantitative estimate of drug-likeness (QED) is 0.402. The van der Waals surface area contributed by atoms with E-state index in [1.54, 1.807) is 13.0 Å². The Labute approximate surface area is 227 Å². The highest BCUT2D eigenvalue weighted by atomic mass is 32.2. The predicted octanol–water partition coefficient (Wildman–Crippen LogP) is 2.25. The van der Waals surface area contributed by atoms with Crippen molar-refractivity contribution in [2.24, 2.45) is 0 Å². The second-order valence-corrected chi connectivity index (χ2v) is 12.8. The van der Waals surface area contributed by atoms with E-state index in [2.05, 4.69) is 16.0 Å². The minimum Gasteiger partial charge on any atom is -0.464 e. The number of hydrogen-bond donors (Lipinski definition) is 3. The maximum Gasteiger partial charge on any atom is 0.328 e. The SMILES string of the molecule is CCOC(=O)C(Cc1ccccc1)NC(=O)C1(NC(=O)c2sc(S(C)(=O)=O)c3c2CCC=C3)CCNCC1. The molecule has 2 aromatic rings. The molecule has 204 valence electrons. The number of rotatable bonds is 9. The number of amides is 2. The van der Waals surface area contributed by atoms with E-state index in [0.29, 0.717) is 54.8 Å². The number of sulfone groups is 1. The second kappa shape index (κ2) is 11.8. The maximum atomic E-state index is 13.8. The van der Waals surface area contributed by atoms with Gasteiger partial charge in [-0.25, -0.2) is 13.2 Å². The molecule has 1 unspecified atom stereocenters. The Balaban J connectivity index is 1.62. The number of carbonyl (C=O) groups excluding carboxylic acids is 3. The molecule has 3 N–H and O–H groups in total. The molecule has 9 nitrogen and oxygen atoms in total. The molecule has 0 bridgehead atoms. The lowest BCUT2D eigenvalue weighted by Gasteiger charge is -2.37. The summed E-state index contributed by atoms with van der Waals surface area (Å²) in [4.78, 5) is 40.5. The van der Waals surface area contributed by atoms with Crippen LogP contribution in [-0.4, -0.2) is 63.7 Å². The number of thiophene rings is 1. The summed E-state index contributed by atoms with van der Waals surface area (Å²) in [5, 5.41) is 9.01. The van der Waals surface area contributed by atoms with Crippen LogP contribution in [0.4, 0.5) is 0 Å². The molecule has 4 rings (SSSR count). The Hall–Kier alpha value is -3.02. The first-order valence-electron chi connectivity index (χ1n) is 12.7. The number of fused-ring (bicyclic) bond motifs is 1. The van der Waals surface area contributed by atoms with Gasteiger partial charge in [0, 0.05) is 18.2 Å². The first-order valence-corrected chi connectivity index (χ1v) is 15.4. The zero-order chi connectivity index (χ0) is 27.3. The molecule has 0 radical (unpaired) electrons. The van der Waals surface area contributed by atoms with Crippen molar-refractivity contribution < 1.29 is 27.5 Å². The van der Waals surface area contributed by atoms with Gasteiger partial charge in [0.05, 0.1) is 11.5 Å². The standard InChI is InChI=1S/C27H33N3O6S2/c1-3-36-24(32)21(17-18-9-5-4-6-10-18)29-26(33)27(13-15-28-16-14-27)30-23(31)22-19-11-7-8-12-20(19)25(37-22)38(2,34)35/h4-6,8-10,12,21,28H,3,7,11,13-17H2,1-2H3,(H,29,33)(H,30,31). The molecule has 1 saturated heterocycles. The van der Waals surface area contributed by atoms with E-state index in [0.717, 1.165) is 23.2 Å². The van der Waals surface area contributed by atoms with Crippen molar-refractivity contribution in [3.8, 4) is 0 Å². The molecule has 2 amide bonds. The molecule has 0 saturated carbocycles. The van der Waals surface area contributed by atoms with Crippen LogP contribution in [-0.2, 0) is 37.0 Å². The Morgan fingerprint density at radius 3 is 2.53 bits per heavy atom. The molecule has 1 aliphatic carbocycles. The molecule has 0 spiro atoms. The molecule has 38 heavy (non-hydrogen) atoms. The number of carbonyl (C=O) groups is 3. The van der Waals surface area contributed by atoms with Crippen LogP contribution < -0.4 is 16.0 Å². The number of esters is 1. The van der Waals surface area contributed by atoms with E-state index in [1.807, 2.05) is 36.4 Å². The van der Waals surface area contributed by atoms with Crippen LogP contribution in [0.2, 0.25) is 0 Å². The fraction of sp³-hybridized carbons (Fsp3) is 0.444. The van der Waals surface area contributed by atoms with Gasteiger partial charge in [-0.05, 0) is 56.8 Å². The minimum absolute atomic E-state index is 0.155. The van der Waals surface area contributed by atoms with Crippen molar-refractivity contribution in [2.75, 3.05) is 26.0 Å². The smallest absolute Gasteiger partial charge is 0.328 e. The molecule has 2 heterocycles. The van der Waals surface area contributed by atoms with Gasteiger partial charge in [0.2, 0.25) is 5.91 Å². The van der Waals surface area contributed by atoms with Crippen molar-refractivity contribution in [1.82, 2.24) is 16.0 Å². The highest BCUT2D eigenvalue weighted by Gasteiger charge is 2.43. The van der Waals surface area contributed by atoms with Crippen molar-refractivity contribution in [3.05, 3.63) is 58.0 Å². The third kappa shape index (κ3) is 6.16. The van der Waals surface area contributed by atoms with Gasteiger partial charge in [0.15, 0.2) is 9.84 Å².